The van der Waals surface area contributed by atoms with Crippen molar-refractivity contribution in [1.82, 2.24) is 15.5 Å². The molecule has 3 aromatic rings. The molecule has 1 aliphatic heterocycles. The minimum Gasteiger partial charge on any atom is -0.463 e. The number of ether oxygens (including phenoxy) is 1. The van der Waals surface area contributed by atoms with Gasteiger partial charge in [-0.3, -0.25) is 4.79 Å². The molecule has 1 atom stereocenters. The van der Waals surface area contributed by atoms with Gasteiger partial charge in [0, 0.05) is 18.6 Å². The zero-order valence-corrected chi connectivity index (χ0v) is 13.9. The third-order valence-corrected chi connectivity index (χ3v) is 4.56. The van der Waals surface area contributed by atoms with Gasteiger partial charge in [-0.25, -0.2) is 0 Å². The van der Waals surface area contributed by atoms with E-state index in [-0.39, 0.29) is 17.9 Å². The maximum absolute atomic E-state index is 12.9. The molecule has 0 aliphatic carbocycles. The number of aryl methyl sites for hydroxylation is 1. The maximum Gasteiger partial charge on any atom is 0.255 e. The second kappa shape index (κ2) is 6.68. The van der Waals surface area contributed by atoms with Gasteiger partial charge in [-0.1, -0.05) is 23.4 Å². The number of para-hydroxylation sites is 1. The lowest BCUT2D eigenvalue weighted by atomic mass is 9.91. The third kappa shape index (κ3) is 3.15. The predicted molar refractivity (Wildman–Crippen MR) is 89.0 cm³/mol. The molecule has 0 saturated carbocycles. The summed E-state index contributed by atoms with van der Waals surface area (Å²) < 4.78 is 16.3. The van der Waals surface area contributed by atoms with Crippen molar-refractivity contribution in [2.45, 2.75) is 25.8 Å². The average Bonchev–Trinajstić information content (AvgIpc) is 3.26. The molecule has 0 radical (unpaired) electrons. The zero-order valence-electron chi connectivity index (χ0n) is 13.9. The first-order valence-corrected chi connectivity index (χ1v) is 8.37. The lowest BCUT2D eigenvalue weighted by Crippen LogP contribution is -2.36. The van der Waals surface area contributed by atoms with E-state index in [1.165, 1.54) is 6.26 Å². The number of carbonyl (C=O) groups excluding carboxylic acids is 1. The van der Waals surface area contributed by atoms with Gasteiger partial charge in [0.15, 0.2) is 5.82 Å². The van der Waals surface area contributed by atoms with Gasteiger partial charge in [0.25, 0.3) is 5.91 Å². The second-order valence-corrected chi connectivity index (χ2v) is 6.23. The van der Waals surface area contributed by atoms with Crippen LogP contribution in [-0.4, -0.2) is 29.3 Å². The Morgan fingerprint density at radius 2 is 2.08 bits per heavy atom. The Balaban J connectivity index is 1.62. The summed E-state index contributed by atoms with van der Waals surface area (Å²) in [6.45, 7) is 3.09. The fourth-order valence-electron chi connectivity index (χ4n) is 3.24. The van der Waals surface area contributed by atoms with E-state index in [0.29, 0.717) is 36.1 Å². The van der Waals surface area contributed by atoms with E-state index in [1.807, 2.05) is 24.3 Å². The molecule has 0 bridgehead atoms. The Kier molecular flexibility index (Phi) is 4.23. The van der Waals surface area contributed by atoms with Crippen molar-refractivity contribution in [2.75, 3.05) is 13.2 Å². The molecule has 1 saturated heterocycles. The fourth-order valence-corrected chi connectivity index (χ4v) is 3.24. The number of hydrogen-bond acceptors (Lipinski definition) is 6. The van der Waals surface area contributed by atoms with E-state index in [4.69, 9.17) is 13.7 Å². The Bertz CT molecular complexity index is 879. The van der Waals surface area contributed by atoms with Crippen LogP contribution in [0.15, 0.2) is 39.5 Å². The number of rotatable bonds is 4. The van der Waals surface area contributed by atoms with Gasteiger partial charge < -0.3 is 19.0 Å². The van der Waals surface area contributed by atoms with Gasteiger partial charge in [-0.15, -0.1) is 0 Å². The van der Waals surface area contributed by atoms with E-state index < -0.39 is 0 Å². The molecule has 7 heteroatoms. The molecule has 1 fully saturated rings. The molecular weight excluding hydrogens is 322 g/mol. The van der Waals surface area contributed by atoms with E-state index >= 15 is 0 Å². The molecule has 1 aromatic carbocycles. The Labute approximate surface area is 144 Å². The summed E-state index contributed by atoms with van der Waals surface area (Å²) in [4.78, 5) is 17.2. The van der Waals surface area contributed by atoms with Gasteiger partial charge in [0.1, 0.15) is 17.9 Å². The highest BCUT2D eigenvalue weighted by molar-refractivity contribution is 6.06. The summed E-state index contributed by atoms with van der Waals surface area (Å²) in [6, 6.07) is 7.12. The minimum atomic E-state index is -0.341. The SMILES string of the molecule is Cc1noc([C@@H](NC(=O)c2coc3ccccc23)C2CCOCC2)n1. The molecule has 1 amide bonds. The van der Waals surface area contributed by atoms with Crippen LogP contribution in [0.25, 0.3) is 11.0 Å². The normalized spacial score (nSPS) is 16.8. The van der Waals surface area contributed by atoms with E-state index in [0.717, 1.165) is 18.2 Å². The molecule has 1 aliphatic rings. The summed E-state index contributed by atoms with van der Waals surface area (Å²) in [5.74, 6) is 0.966. The van der Waals surface area contributed by atoms with Crippen LogP contribution < -0.4 is 5.32 Å². The van der Waals surface area contributed by atoms with Crippen molar-refractivity contribution in [1.29, 1.82) is 0 Å². The summed E-state index contributed by atoms with van der Waals surface area (Å²) >= 11 is 0. The Morgan fingerprint density at radius 3 is 2.84 bits per heavy atom. The highest BCUT2D eigenvalue weighted by atomic mass is 16.5. The maximum atomic E-state index is 12.9. The number of nitrogens with zero attached hydrogens (tertiary/aromatic N) is 2. The first-order chi connectivity index (χ1) is 12.2. The van der Waals surface area contributed by atoms with Crippen LogP contribution in [0.4, 0.5) is 0 Å². The van der Waals surface area contributed by atoms with Crippen LogP contribution in [0.5, 0.6) is 0 Å². The lowest BCUT2D eigenvalue weighted by molar-refractivity contribution is 0.0468. The zero-order chi connectivity index (χ0) is 17.2. The van der Waals surface area contributed by atoms with Crippen LogP contribution in [0, 0.1) is 12.8 Å². The molecule has 4 rings (SSSR count). The number of hydrogen-bond donors (Lipinski definition) is 1. The Hall–Kier alpha value is -2.67. The second-order valence-electron chi connectivity index (χ2n) is 6.23. The predicted octanol–water partition coefficient (Wildman–Crippen LogP) is 3.02. The highest BCUT2D eigenvalue weighted by Gasteiger charge is 2.32. The number of fused-ring (bicyclic) bond motifs is 1. The average molecular weight is 341 g/mol. The number of benzene rings is 1. The van der Waals surface area contributed by atoms with Crippen LogP contribution in [0.1, 0.15) is 41.0 Å². The topological polar surface area (TPSA) is 90.4 Å². The molecule has 2 aromatic heterocycles. The minimum absolute atomic E-state index is 0.190. The van der Waals surface area contributed by atoms with Crippen LogP contribution in [0.2, 0.25) is 0 Å². The summed E-state index contributed by atoms with van der Waals surface area (Å²) in [6.07, 6.45) is 3.15. The van der Waals surface area contributed by atoms with E-state index in [1.54, 1.807) is 6.92 Å². The lowest BCUT2D eigenvalue weighted by Gasteiger charge is -2.28. The van der Waals surface area contributed by atoms with Gasteiger partial charge >= 0.3 is 0 Å². The fraction of sp³-hybridized carbons (Fsp3) is 0.389. The van der Waals surface area contributed by atoms with Gasteiger partial charge in [0.2, 0.25) is 5.89 Å². The molecule has 1 N–H and O–H groups in total. The van der Waals surface area contributed by atoms with Crippen molar-refractivity contribution in [2.24, 2.45) is 5.92 Å². The molecule has 25 heavy (non-hydrogen) atoms. The van der Waals surface area contributed by atoms with Crippen molar-refractivity contribution >= 4 is 16.9 Å². The summed E-state index contributed by atoms with van der Waals surface area (Å²) in [5, 5.41) is 7.71. The molecule has 7 nitrogen and oxygen atoms in total. The smallest absolute Gasteiger partial charge is 0.255 e. The largest absolute Gasteiger partial charge is 0.463 e. The number of carbonyl (C=O) groups is 1. The number of aromatic nitrogens is 2. The number of amides is 1. The van der Waals surface area contributed by atoms with Crippen molar-refractivity contribution in [3.63, 3.8) is 0 Å². The van der Waals surface area contributed by atoms with Crippen molar-refractivity contribution in [3.8, 4) is 0 Å². The highest BCUT2D eigenvalue weighted by Crippen LogP contribution is 2.30. The number of furan rings is 1. The van der Waals surface area contributed by atoms with Gasteiger partial charge in [-0.05, 0) is 31.7 Å². The van der Waals surface area contributed by atoms with E-state index in [9.17, 15) is 4.79 Å². The Morgan fingerprint density at radius 1 is 1.28 bits per heavy atom. The quantitative estimate of drug-likeness (QED) is 0.784. The molecule has 130 valence electrons. The monoisotopic (exact) mass is 341 g/mol. The molecule has 3 heterocycles. The van der Waals surface area contributed by atoms with Crippen LogP contribution in [0.3, 0.4) is 0 Å². The molecular formula is C18H19N3O4. The van der Waals surface area contributed by atoms with Gasteiger partial charge in [0.05, 0.1) is 5.56 Å². The van der Waals surface area contributed by atoms with E-state index in [2.05, 4.69) is 15.5 Å². The third-order valence-electron chi connectivity index (χ3n) is 4.56. The summed E-state index contributed by atoms with van der Waals surface area (Å²) in [7, 11) is 0. The van der Waals surface area contributed by atoms with Crippen molar-refractivity contribution < 1.29 is 18.5 Å². The van der Waals surface area contributed by atoms with Crippen LogP contribution >= 0.6 is 0 Å². The van der Waals surface area contributed by atoms with Crippen LogP contribution in [-0.2, 0) is 4.74 Å². The van der Waals surface area contributed by atoms with Crippen molar-refractivity contribution in [3.05, 3.63) is 47.8 Å². The summed E-state index contributed by atoms with van der Waals surface area (Å²) in [5.41, 5.74) is 1.19. The standard InChI is InChI=1S/C18H19N3O4/c1-11-19-18(25-21-11)16(12-6-8-23-9-7-12)20-17(22)14-10-24-15-5-3-2-4-13(14)15/h2-5,10,12,16H,6-9H2,1H3,(H,20,22)/t16-/m0/s1. The molecule has 0 unspecified atom stereocenters. The first kappa shape index (κ1) is 15.8. The molecule has 0 spiro atoms. The number of nitrogens with one attached hydrogen (secondary N) is 1. The van der Waals surface area contributed by atoms with Gasteiger partial charge in [-0.2, -0.15) is 4.98 Å². The first-order valence-electron chi connectivity index (χ1n) is 8.37.